The van der Waals surface area contributed by atoms with E-state index in [1.807, 2.05) is 23.1 Å². The quantitative estimate of drug-likeness (QED) is 0.537. The molecule has 0 aromatic carbocycles. The second kappa shape index (κ2) is 7.88. The van der Waals surface area contributed by atoms with E-state index in [1.54, 1.807) is 24.5 Å². The Labute approximate surface area is 178 Å². The van der Waals surface area contributed by atoms with Gasteiger partial charge in [0.2, 0.25) is 0 Å². The molecule has 152 valence electrons. The van der Waals surface area contributed by atoms with Crippen molar-refractivity contribution < 1.29 is 0 Å². The number of nitrogens with zero attached hydrogens (tertiary/aromatic N) is 8. The maximum Gasteiger partial charge on any atom is 0.146 e. The molecule has 0 amide bonds. The van der Waals surface area contributed by atoms with Crippen LogP contribution in [-0.4, -0.2) is 42.8 Å². The van der Waals surface area contributed by atoms with Crippen LogP contribution in [0.4, 0.5) is 5.82 Å². The molecule has 9 heteroatoms. The number of aromatic amines is 1. The zero-order valence-electron chi connectivity index (χ0n) is 16.7. The van der Waals surface area contributed by atoms with Gasteiger partial charge in [0.1, 0.15) is 23.9 Å². The number of H-pyrrole nitrogens is 1. The van der Waals surface area contributed by atoms with E-state index in [1.165, 1.54) is 6.33 Å². The van der Waals surface area contributed by atoms with E-state index in [0.29, 0.717) is 17.8 Å². The van der Waals surface area contributed by atoms with Gasteiger partial charge in [-0.05, 0) is 24.6 Å². The van der Waals surface area contributed by atoms with Gasteiger partial charge < -0.3 is 9.88 Å². The van der Waals surface area contributed by atoms with Crippen LogP contribution in [-0.2, 0) is 0 Å². The van der Waals surface area contributed by atoms with Crippen molar-refractivity contribution in [1.29, 1.82) is 10.5 Å². The molecule has 1 aliphatic rings. The van der Waals surface area contributed by atoms with Crippen molar-refractivity contribution in [2.24, 2.45) is 5.92 Å². The number of aromatic nitrogens is 6. The number of hydrogen-bond donors (Lipinski definition) is 1. The highest BCUT2D eigenvalue weighted by molar-refractivity contribution is 5.89. The average Bonchev–Trinajstić information content (AvgIpc) is 3.57. The highest BCUT2D eigenvalue weighted by atomic mass is 15.3. The Morgan fingerprint density at radius 1 is 1.23 bits per heavy atom. The summed E-state index contributed by atoms with van der Waals surface area (Å²) >= 11 is 0. The van der Waals surface area contributed by atoms with Crippen molar-refractivity contribution in [1.82, 2.24) is 29.7 Å². The van der Waals surface area contributed by atoms with Crippen LogP contribution in [0.25, 0.3) is 22.3 Å². The van der Waals surface area contributed by atoms with Crippen LogP contribution in [0, 0.1) is 28.6 Å². The van der Waals surface area contributed by atoms with E-state index in [4.69, 9.17) is 0 Å². The lowest BCUT2D eigenvalue weighted by Crippen LogP contribution is -2.26. The molecule has 1 saturated heterocycles. The Morgan fingerprint density at radius 2 is 2.16 bits per heavy atom. The summed E-state index contributed by atoms with van der Waals surface area (Å²) in [5.41, 5.74) is 3.05. The molecule has 0 aliphatic carbocycles. The van der Waals surface area contributed by atoms with Gasteiger partial charge in [-0.25, -0.2) is 15.0 Å². The molecule has 9 nitrogen and oxygen atoms in total. The molecule has 4 aromatic rings. The summed E-state index contributed by atoms with van der Waals surface area (Å²) in [6, 6.07) is 9.97. The third-order valence-electron chi connectivity index (χ3n) is 5.84. The summed E-state index contributed by atoms with van der Waals surface area (Å²) in [7, 11) is 0. The number of pyridine rings is 1. The van der Waals surface area contributed by atoms with E-state index in [2.05, 4.69) is 42.1 Å². The maximum absolute atomic E-state index is 9.48. The predicted octanol–water partition coefficient (Wildman–Crippen LogP) is 3.07. The molecule has 0 bridgehead atoms. The second-order valence-corrected chi connectivity index (χ2v) is 7.58. The summed E-state index contributed by atoms with van der Waals surface area (Å²) < 4.78 is 1.89. The number of nitriles is 2. The molecule has 0 saturated carbocycles. The number of rotatable bonds is 5. The first-order valence-electron chi connectivity index (χ1n) is 10.1. The van der Waals surface area contributed by atoms with Gasteiger partial charge in [-0.2, -0.15) is 15.6 Å². The van der Waals surface area contributed by atoms with Gasteiger partial charge in [0, 0.05) is 48.5 Å². The summed E-state index contributed by atoms with van der Waals surface area (Å²) in [6.45, 7) is 1.52. The SMILES string of the molecule is N#CC[C@@H](C1CCN(c2ncccc2C#N)C1)n1cc(-c2ncnc3[nH]ccc23)cn1. The minimum absolute atomic E-state index is 0.0680. The van der Waals surface area contributed by atoms with Crippen LogP contribution in [0.3, 0.4) is 0 Å². The van der Waals surface area contributed by atoms with E-state index < -0.39 is 0 Å². The van der Waals surface area contributed by atoms with Crippen LogP contribution >= 0.6 is 0 Å². The van der Waals surface area contributed by atoms with Gasteiger partial charge in [-0.1, -0.05) is 0 Å². The third kappa shape index (κ3) is 3.36. The van der Waals surface area contributed by atoms with E-state index in [-0.39, 0.29) is 12.0 Å². The van der Waals surface area contributed by atoms with Gasteiger partial charge in [-0.3, -0.25) is 4.68 Å². The van der Waals surface area contributed by atoms with Gasteiger partial charge in [-0.15, -0.1) is 0 Å². The molecular weight excluding hydrogens is 390 g/mol. The molecule has 0 radical (unpaired) electrons. The Morgan fingerprint density at radius 3 is 3.03 bits per heavy atom. The molecule has 5 heterocycles. The van der Waals surface area contributed by atoms with Crippen LogP contribution in [0.2, 0.25) is 0 Å². The lowest BCUT2D eigenvalue weighted by atomic mass is 9.96. The Hall–Kier alpha value is -4.24. The summed E-state index contributed by atoms with van der Waals surface area (Å²) in [5.74, 6) is 0.929. The van der Waals surface area contributed by atoms with E-state index in [0.717, 1.165) is 41.8 Å². The monoisotopic (exact) mass is 409 g/mol. The first kappa shape index (κ1) is 18.8. The molecular formula is C22H19N9. The normalized spacial score (nSPS) is 16.8. The Bertz CT molecular complexity index is 1310. The van der Waals surface area contributed by atoms with Crippen LogP contribution in [0.5, 0.6) is 0 Å². The molecule has 5 rings (SSSR count). The van der Waals surface area contributed by atoms with Crippen molar-refractivity contribution in [2.75, 3.05) is 18.0 Å². The largest absolute Gasteiger partial charge is 0.355 e. The minimum Gasteiger partial charge on any atom is -0.355 e. The molecule has 1 N–H and O–H groups in total. The number of fused-ring (bicyclic) bond motifs is 1. The first-order valence-corrected chi connectivity index (χ1v) is 10.1. The Balaban J connectivity index is 1.42. The molecule has 1 fully saturated rings. The third-order valence-corrected chi connectivity index (χ3v) is 5.84. The zero-order valence-corrected chi connectivity index (χ0v) is 16.7. The highest BCUT2D eigenvalue weighted by Crippen LogP contribution is 2.34. The topological polar surface area (TPSA) is 123 Å². The molecule has 1 aliphatic heterocycles. The summed E-state index contributed by atoms with van der Waals surface area (Å²) in [4.78, 5) is 18.3. The van der Waals surface area contributed by atoms with Gasteiger partial charge in [0.05, 0.1) is 36.0 Å². The molecule has 4 aromatic heterocycles. The molecule has 0 spiro atoms. The number of hydrogen-bond acceptors (Lipinski definition) is 7. The smallest absolute Gasteiger partial charge is 0.146 e. The number of anilines is 1. The van der Waals surface area contributed by atoms with E-state index in [9.17, 15) is 10.5 Å². The fraction of sp³-hybridized carbons (Fsp3) is 0.273. The predicted molar refractivity (Wildman–Crippen MR) is 114 cm³/mol. The Kier molecular flexibility index (Phi) is 4.77. The van der Waals surface area contributed by atoms with Crippen LogP contribution < -0.4 is 4.90 Å². The molecule has 1 unspecified atom stereocenters. The van der Waals surface area contributed by atoms with Crippen LogP contribution in [0.15, 0.2) is 49.3 Å². The maximum atomic E-state index is 9.48. The average molecular weight is 409 g/mol. The van der Waals surface area contributed by atoms with Crippen LogP contribution in [0.1, 0.15) is 24.4 Å². The number of nitrogens with one attached hydrogen (secondary N) is 1. The van der Waals surface area contributed by atoms with Gasteiger partial charge in [0.15, 0.2) is 0 Å². The fourth-order valence-corrected chi connectivity index (χ4v) is 4.34. The fourth-order valence-electron chi connectivity index (χ4n) is 4.34. The zero-order chi connectivity index (χ0) is 21.2. The van der Waals surface area contributed by atoms with Crippen molar-refractivity contribution >= 4 is 16.9 Å². The van der Waals surface area contributed by atoms with Crippen molar-refractivity contribution in [3.8, 4) is 23.4 Å². The van der Waals surface area contributed by atoms with E-state index >= 15 is 0 Å². The standard InChI is InChI=1S/C22H19N9/c23-6-3-19(16-5-9-30(12-16)22-15(10-24)2-1-7-26-22)31-13-17(11-29-31)20-18-4-8-25-21(18)28-14-27-20/h1-2,4,7-8,11,13-14,16,19H,3,5,9,12H2,(H,25,27,28)/t16?,19-/m0/s1. The second-order valence-electron chi connectivity index (χ2n) is 7.58. The molecule has 2 atom stereocenters. The highest BCUT2D eigenvalue weighted by Gasteiger charge is 2.32. The lowest BCUT2D eigenvalue weighted by Gasteiger charge is -2.23. The summed E-state index contributed by atoms with van der Waals surface area (Å²) in [5, 5.41) is 24.4. The van der Waals surface area contributed by atoms with Crippen molar-refractivity contribution in [3.63, 3.8) is 0 Å². The van der Waals surface area contributed by atoms with Crippen molar-refractivity contribution in [3.05, 3.63) is 54.9 Å². The minimum atomic E-state index is -0.0680. The van der Waals surface area contributed by atoms with Crippen molar-refractivity contribution in [2.45, 2.75) is 18.9 Å². The van der Waals surface area contributed by atoms with Gasteiger partial charge >= 0.3 is 0 Å². The summed E-state index contributed by atoms with van der Waals surface area (Å²) in [6.07, 6.45) is 10.1. The lowest BCUT2D eigenvalue weighted by molar-refractivity contribution is 0.332. The van der Waals surface area contributed by atoms with Gasteiger partial charge in [0.25, 0.3) is 0 Å². The first-order chi connectivity index (χ1) is 15.3. The molecule has 31 heavy (non-hydrogen) atoms.